The van der Waals surface area contributed by atoms with Crippen LogP contribution in [0.3, 0.4) is 0 Å². The molecule has 6 heteroatoms. The van der Waals surface area contributed by atoms with Gasteiger partial charge < -0.3 is 14.6 Å². The van der Waals surface area contributed by atoms with Crippen LogP contribution in [-0.2, 0) is 23.9 Å². The van der Waals surface area contributed by atoms with E-state index in [0.717, 1.165) is 70.6 Å². The van der Waals surface area contributed by atoms with E-state index in [1.165, 1.54) is 12.8 Å². The van der Waals surface area contributed by atoms with Gasteiger partial charge in [-0.3, -0.25) is 14.4 Å². The molecule has 0 unspecified atom stereocenters. The van der Waals surface area contributed by atoms with Gasteiger partial charge in [-0.25, -0.2) is 0 Å². The van der Waals surface area contributed by atoms with E-state index >= 15 is 0 Å². The Labute approximate surface area is 189 Å². The topological polar surface area (TPSA) is 89.9 Å². The van der Waals surface area contributed by atoms with Gasteiger partial charge in [-0.05, 0) is 57.3 Å². The maximum absolute atomic E-state index is 11.9. The van der Waals surface area contributed by atoms with Gasteiger partial charge in [0.2, 0.25) is 0 Å². The highest BCUT2D eigenvalue weighted by Gasteiger charge is 2.13. The summed E-state index contributed by atoms with van der Waals surface area (Å²) in [6.45, 7) is 5.30. The average Bonchev–Trinajstić information content (AvgIpc) is 2.73. The minimum absolute atomic E-state index is 0.146. The minimum Gasteiger partial charge on any atom is -0.481 e. The van der Waals surface area contributed by atoms with Crippen LogP contribution in [0.2, 0.25) is 0 Å². The molecule has 0 amide bonds. The van der Waals surface area contributed by atoms with Crippen LogP contribution in [-0.4, -0.2) is 36.2 Å². The van der Waals surface area contributed by atoms with Gasteiger partial charge in [-0.2, -0.15) is 0 Å². The SMILES string of the molecule is CCCCCCOC(=O)CCCC(CCCC(=O)O)CCCC(=O)OCCCCCC. The molecule has 1 N–H and O–H groups in total. The lowest BCUT2D eigenvalue weighted by Gasteiger charge is -2.16. The third-order valence-electron chi connectivity index (χ3n) is 5.51. The number of carbonyl (C=O) groups is 3. The highest BCUT2D eigenvalue weighted by atomic mass is 16.5. The zero-order valence-corrected chi connectivity index (χ0v) is 20.0. The molecule has 182 valence electrons. The zero-order chi connectivity index (χ0) is 23.2. The number of aliphatic carboxylic acids is 1. The number of ether oxygens (including phenoxy) is 2. The van der Waals surface area contributed by atoms with Crippen molar-refractivity contribution in [3.63, 3.8) is 0 Å². The number of carboxylic acids is 1. The fourth-order valence-corrected chi connectivity index (χ4v) is 3.62. The van der Waals surface area contributed by atoms with Crippen molar-refractivity contribution in [1.82, 2.24) is 0 Å². The van der Waals surface area contributed by atoms with Gasteiger partial charge in [0.05, 0.1) is 13.2 Å². The summed E-state index contributed by atoms with van der Waals surface area (Å²) < 4.78 is 10.6. The summed E-state index contributed by atoms with van der Waals surface area (Å²) in [6, 6.07) is 0. The van der Waals surface area contributed by atoms with Crippen LogP contribution in [0.4, 0.5) is 0 Å². The van der Waals surface area contributed by atoms with E-state index in [2.05, 4.69) is 13.8 Å². The maximum atomic E-state index is 11.9. The summed E-state index contributed by atoms with van der Waals surface area (Å²) in [7, 11) is 0. The van der Waals surface area contributed by atoms with Crippen molar-refractivity contribution in [3.8, 4) is 0 Å². The Hall–Kier alpha value is -1.59. The number of carbonyl (C=O) groups excluding carboxylic acids is 2. The van der Waals surface area contributed by atoms with Gasteiger partial charge in [0, 0.05) is 19.3 Å². The number of carboxylic acid groups (broad SMARTS) is 1. The summed E-state index contributed by atoms with van der Waals surface area (Å²) in [5, 5.41) is 8.87. The molecular formula is C25H46O6. The summed E-state index contributed by atoms with van der Waals surface area (Å²) in [4.78, 5) is 34.5. The van der Waals surface area contributed by atoms with Crippen LogP contribution < -0.4 is 0 Å². The first-order valence-corrected chi connectivity index (χ1v) is 12.5. The number of rotatable bonds is 22. The fraction of sp³-hybridized carbons (Fsp3) is 0.880. The minimum atomic E-state index is -0.781. The van der Waals surface area contributed by atoms with Crippen molar-refractivity contribution in [3.05, 3.63) is 0 Å². The molecule has 0 aliphatic heterocycles. The molecule has 0 aromatic rings. The standard InChI is InChI=1S/C25H46O6/c1-3-5-7-9-20-30-24(28)18-12-15-22(14-11-17-23(26)27)16-13-19-25(29)31-21-10-8-6-4-2/h22H,3-21H2,1-2H3,(H,26,27). The summed E-state index contributed by atoms with van der Waals surface area (Å²) in [6.07, 6.45) is 14.3. The Balaban J connectivity index is 4.06. The first kappa shape index (κ1) is 29.4. The molecule has 6 nitrogen and oxygen atoms in total. The molecule has 0 aliphatic carbocycles. The molecule has 0 spiro atoms. The lowest BCUT2D eigenvalue weighted by molar-refractivity contribution is -0.144. The molecule has 0 bridgehead atoms. The number of hydrogen-bond acceptors (Lipinski definition) is 5. The monoisotopic (exact) mass is 442 g/mol. The third kappa shape index (κ3) is 21.4. The highest BCUT2D eigenvalue weighted by Crippen LogP contribution is 2.22. The van der Waals surface area contributed by atoms with Crippen molar-refractivity contribution in [2.75, 3.05) is 13.2 Å². The second-order valence-electron chi connectivity index (χ2n) is 8.50. The molecule has 0 fully saturated rings. The number of hydrogen-bond donors (Lipinski definition) is 1. The Morgan fingerprint density at radius 1 is 0.613 bits per heavy atom. The summed E-state index contributed by atoms with van der Waals surface area (Å²) >= 11 is 0. The van der Waals surface area contributed by atoms with Crippen LogP contribution in [0.1, 0.15) is 123 Å². The van der Waals surface area contributed by atoms with Gasteiger partial charge >= 0.3 is 17.9 Å². The predicted octanol–water partition coefficient (Wildman–Crippen LogP) is 6.45. The lowest BCUT2D eigenvalue weighted by atomic mass is 9.91. The summed E-state index contributed by atoms with van der Waals surface area (Å²) in [5.41, 5.74) is 0. The number of unbranched alkanes of at least 4 members (excludes halogenated alkanes) is 6. The fourth-order valence-electron chi connectivity index (χ4n) is 3.62. The molecule has 0 atom stereocenters. The molecule has 0 radical (unpaired) electrons. The van der Waals surface area contributed by atoms with Gasteiger partial charge in [-0.15, -0.1) is 0 Å². The normalized spacial score (nSPS) is 10.9. The Morgan fingerprint density at radius 3 is 1.42 bits per heavy atom. The quantitative estimate of drug-likeness (QED) is 0.153. The first-order valence-electron chi connectivity index (χ1n) is 12.5. The Kier molecular flexibility index (Phi) is 20.5. The van der Waals surface area contributed by atoms with Crippen LogP contribution in [0.15, 0.2) is 0 Å². The molecule has 0 heterocycles. The van der Waals surface area contributed by atoms with E-state index in [4.69, 9.17) is 14.6 Å². The maximum Gasteiger partial charge on any atom is 0.305 e. The molecule has 0 saturated carbocycles. The highest BCUT2D eigenvalue weighted by molar-refractivity contribution is 5.69. The van der Waals surface area contributed by atoms with Crippen molar-refractivity contribution in [2.45, 2.75) is 123 Å². The van der Waals surface area contributed by atoms with Gasteiger partial charge in [0.1, 0.15) is 0 Å². The van der Waals surface area contributed by atoms with E-state index in [-0.39, 0.29) is 18.4 Å². The molecule has 0 rings (SSSR count). The smallest absolute Gasteiger partial charge is 0.305 e. The molecule has 0 aliphatic rings. The van der Waals surface area contributed by atoms with E-state index in [1.54, 1.807) is 0 Å². The second kappa shape index (κ2) is 21.6. The van der Waals surface area contributed by atoms with Crippen molar-refractivity contribution in [1.29, 1.82) is 0 Å². The van der Waals surface area contributed by atoms with E-state index in [0.29, 0.717) is 38.4 Å². The number of esters is 2. The molecule has 0 saturated heterocycles. The molecule has 31 heavy (non-hydrogen) atoms. The van der Waals surface area contributed by atoms with Crippen LogP contribution >= 0.6 is 0 Å². The van der Waals surface area contributed by atoms with Crippen molar-refractivity contribution in [2.24, 2.45) is 5.92 Å². The van der Waals surface area contributed by atoms with Gasteiger partial charge in [0.25, 0.3) is 0 Å². The van der Waals surface area contributed by atoms with E-state index < -0.39 is 5.97 Å². The lowest BCUT2D eigenvalue weighted by Crippen LogP contribution is -2.10. The molecular weight excluding hydrogens is 396 g/mol. The predicted molar refractivity (Wildman–Crippen MR) is 123 cm³/mol. The second-order valence-corrected chi connectivity index (χ2v) is 8.50. The molecule has 0 aromatic heterocycles. The summed E-state index contributed by atoms with van der Waals surface area (Å²) in [5.74, 6) is -0.744. The Bertz CT molecular complexity index is 431. The van der Waals surface area contributed by atoms with Crippen LogP contribution in [0.25, 0.3) is 0 Å². The third-order valence-corrected chi connectivity index (χ3v) is 5.51. The molecule has 0 aromatic carbocycles. The average molecular weight is 443 g/mol. The van der Waals surface area contributed by atoms with E-state index in [1.807, 2.05) is 0 Å². The largest absolute Gasteiger partial charge is 0.481 e. The van der Waals surface area contributed by atoms with Crippen LogP contribution in [0.5, 0.6) is 0 Å². The van der Waals surface area contributed by atoms with Crippen molar-refractivity contribution >= 4 is 17.9 Å². The van der Waals surface area contributed by atoms with Crippen molar-refractivity contribution < 1.29 is 29.0 Å². The first-order chi connectivity index (χ1) is 15.0. The van der Waals surface area contributed by atoms with Crippen LogP contribution in [0, 0.1) is 5.92 Å². The van der Waals surface area contributed by atoms with E-state index in [9.17, 15) is 14.4 Å². The zero-order valence-electron chi connectivity index (χ0n) is 20.0. The Morgan fingerprint density at radius 2 is 1.03 bits per heavy atom. The van der Waals surface area contributed by atoms with Gasteiger partial charge in [-0.1, -0.05) is 52.4 Å². The van der Waals surface area contributed by atoms with Gasteiger partial charge in [0.15, 0.2) is 0 Å².